The van der Waals surface area contributed by atoms with Crippen LogP contribution in [0.2, 0.25) is 5.02 Å². The molecule has 1 heterocycles. The van der Waals surface area contributed by atoms with Crippen LogP contribution in [0.3, 0.4) is 0 Å². The number of fused-ring (bicyclic) bond motifs is 1. The topological polar surface area (TPSA) is 33.1 Å². The molecule has 2 unspecified atom stereocenters. The van der Waals surface area contributed by atoms with Crippen LogP contribution in [0.4, 0.5) is 0 Å². The zero-order valence-electron chi connectivity index (χ0n) is 10.8. The summed E-state index contributed by atoms with van der Waals surface area (Å²) >= 11 is 6.31. The summed E-state index contributed by atoms with van der Waals surface area (Å²) in [4.78, 5) is 4.44. The first-order chi connectivity index (χ1) is 9.18. The first kappa shape index (κ1) is 12.6. The number of nitrogens with zero attached hydrogens (tertiary/aromatic N) is 1. The maximum Gasteiger partial charge on any atom is 0.0888 e. The predicted molar refractivity (Wildman–Crippen MR) is 76.4 cm³/mol. The Labute approximate surface area is 118 Å². The molecule has 1 aromatic carbocycles. The second kappa shape index (κ2) is 4.95. The Hall–Kier alpha value is -1.38. The van der Waals surface area contributed by atoms with Gasteiger partial charge in [-0.15, -0.1) is 0 Å². The predicted octanol–water partition coefficient (Wildman–Crippen LogP) is 3.81. The lowest BCUT2D eigenvalue weighted by Crippen LogP contribution is -2.10. The first-order valence-corrected chi connectivity index (χ1v) is 6.93. The van der Waals surface area contributed by atoms with Crippen molar-refractivity contribution in [2.75, 3.05) is 0 Å². The molecule has 0 amide bonds. The lowest BCUT2D eigenvalue weighted by Gasteiger charge is -2.20. The molecule has 1 aliphatic carbocycles. The Balaban J connectivity index is 1.98. The van der Waals surface area contributed by atoms with E-state index in [4.69, 9.17) is 11.6 Å². The third-order valence-corrected chi connectivity index (χ3v) is 4.44. The molecular weight excluding hydrogens is 258 g/mol. The summed E-state index contributed by atoms with van der Waals surface area (Å²) in [7, 11) is 0. The number of pyridine rings is 1. The molecule has 3 heteroatoms. The molecule has 0 fully saturated rings. The van der Waals surface area contributed by atoms with Gasteiger partial charge in [0.05, 0.1) is 6.10 Å². The molecule has 1 aliphatic rings. The van der Waals surface area contributed by atoms with Gasteiger partial charge in [0.2, 0.25) is 0 Å². The average molecular weight is 274 g/mol. The highest BCUT2D eigenvalue weighted by Gasteiger charge is 2.31. The molecule has 0 spiro atoms. The summed E-state index contributed by atoms with van der Waals surface area (Å²) in [5.41, 5.74) is 4.07. The number of aliphatic hydroxyl groups excluding tert-OH is 1. The highest BCUT2D eigenvalue weighted by Crippen LogP contribution is 2.42. The Kier molecular flexibility index (Phi) is 3.29. The van der Waals surface area contributed by atoms with Crippen LogP contribution in [-0.4, -0.2) is 10.1 Å². The summed E-state index contributed by atoms with van der Waals surface area (Å²) in [5, 5.41) is 11.3. The van der Waals surface area contributed by atoms with Crippen LogP contribution < -0.4 is 0 Å². The van der Waals surface area contributed by atoms with Gasteiger partial charge in [-0.05, 0) is 37.0 Å². The van der Waals surface area contributed by atoms with Gasteiger partial charge in [-0.1, -0.05) is 35.9 Å². The number of aliphatic hydroxyl groups is 1. The molecule has 0 bridgehead atoms. The van der Waals surface area contributed by atoms with Crippen molar-refractivity contribution in [2.45, 2.75) is 31.8 Å². The largest absolute Gasteiger partial charge is 0.388 e. The molecule has 0 aliphatic heterocycles. The van der Waals surface area contributed by atoms with E-state index in [-0.39, 0.29) is 5.92 Å². The Bertz CT molecular complexity index is 611. The van der Waals surface area contributed by atoms with E-state index in [0.29, 0.717) is 5.02 Å². The first-order valence-electron chi connectivity index (χ1n) is 6.55. The maximum absolute atomic E-state index is 10.6. The number of hydrogen-bond acceptors (Lipinski definition) is 2. The van der Waals surface area contributed by atoms with E-state index in [1.165, 1.54) is 5.56 Å². The van der Waals surface area contributed by atoms with E-state index < -0.39 is 6.10 Å². The standard InChI is InChI=1S/C16H16ClNO/c1-10-4-2-6-12(14(10)17)16(19)13-8-7-11-5-3-9-18-15(11)13/h2-6,9,13,16,19H,7-8H2,1H3. The number of benzene rings is 1. The lowest BCUT2D eigenvalue weighted by atomic mass is 9.92. The Morgan fingerprint density at radius 3 is 3.00 bits per heavy atom. The third kappa shape index (κ3) is 2.15. The van der Waals surface area contributed by atoms with Crippen LogP contribution in [0.1, 0.15) is 40.8 Å². The van der Waals surface area contributed by atoms with Crippen molar-refractivity contribution in [3.05, 3.63) is 63.9 Å². The zero-order chi connectivity index (χ0) is 13.4. The number of aromatic nitrogens is 1. The van der Waals surface area contributed by atoms with Gasteiger partial charge < -0.3 is 5.11 Å². The minimum absolute atomic E-state index is 0.0514. The van der Waals surface area contributed by atoms with Crippen LogP contribution in [-0.2, 0) is 6.42 Å². The number of halogens is 1. The van der Waals surface area contributed by atoms with Gasteiger partial charge in [0.1, 0.15) is 0 Å². The quantitative estimate of drug-likeness (QED) is 0.903. The van der Waals surface area contributed by atoms with E-state index in [0.717, 1.165) is 29.7 Å². The van der Waals surface area contributed by atoms with E-state index in [2.05, 4.69) is 11.1 Å². The average Bonchev–Trinajstić information content (AvgIpc) is 2.85. The Morgan fingerprint density at radius 2 is 2.16 bits per heavy atom. The monoisotopic (exact) mass is 273 g/mol. The van der Waals surface area contributed by atoms with Crippen molar-refractivity contribution in [2.24, 2.45) is 0 Å². The van der Waals surface area contributed by atoms with E-state index in [1.807, 2.05) is 31.2 Å². The van der Waals surface area contributed by atoms with Crippen LogP contribution in [0.5, 0.6) is 0 Å². The van der Waals surface area contributed by atoms with Crippen LogP contribution in [0, 0.1) is 6.92 Å². The normalized spacial score (nSPS) is 19.2. The van der Waals surface area contributed by atoms with E-state index >= 15 is 0 Å². The molecule has 1 N–H and O–H groups in total. The van der Waals surface area contributed by atoms with Crippen LogP contribution in [0.25, 0.3) is 0 Å². The minimum atomic E-state index is -0.580. The van der Waals surface area contributed by atoms with Crippen molar-refractivity contribution in [3.8, 4) is 0 Å². The summed E-state index contributed by atoms with van der Waals surface area (Å²) < 4.78 is 0. The van der Waals surface area contributed by atoms with Gasteiger partial charge in [-0.3, -0.25) is 4.98 Å². The summed E-state index contributed by atoms with van der Waals surface area (Å²) in [6.07, 6.45) is 3.12. The van der Waals surface area contributed by atoms with Crippen molar-refractivity contribution in [3.63, 3.8) is 0 Å². The molecule has 98 valence electrons. The second-order valence-corrected chi connectivity index (χ2v) is 5.49. The van der Waals surface area contributed by atoms with E-state index in [1.54, 1.807) is 6.20 Å². The smallest absolute Gasteiger partial charge is 0.0888 e. The van der Waals surface area contributed by atoms with E-state index in [9.17, 15) is 5.11 Å². The summed E-state index contributed by atoms with van der Waals surface area (Å²) in [5.74, 6) is 0.0514. The van der Waals surface area contributed by atoms with Crippen molar-refractivity contribution in [1.82, 2.24) is 4.98 Å². The molecule has 19 heavy (non-hydrogen) atoms. The van der Waals surface area contributed by atoms with Gasteiger partial charge in [0.15, 0.2) is 0 Å². The number of rotatable bonds is 2. The maximum atomic E-state index is 10.6. The summed E-state index contributed by atoms with van der Waals surface area (Å²) in [6, 6.07) is 9.84. The van der Waals surface area contributed by atoms with Crippen LogP contribution >= 0.6 is 11.6 Å². The molecule has 0 radical (unpaired) electrons. The van der Waals surface area contributed by atoms with Gasteiger partial charge in [-0.2, -0.15) is 0 Å². The fraction of sp³-hybridized carbons (Fsp3) is 0.312. The minimum Gasteiger partial charge on any atom is -0.388 e. The fourth-order valence-corrected chi connectivity index (χ4v) is 3.10. The van der Waals surface area contributed by atoms with Gasteiger partial charge in [0, 0.05) is 28.4 Å². The number of aryl methyl sites for hydroxylation is 2. The van der Waals surface area contributed by atoms with Gasteiger partial charge in [0.25, 0.3) is 0 Å². The van der Waals surface area contributed by atoms with Crippen molar-refractivity contribution < 1.29 is 5.11 Å². The molecule has 2 nitrogen and oxygen atoms in total. The van der Waals surface area contributed by atoms with Gasteiger partial charge in [-0.25, -0.2) is 0 Å². The fourth-order valence-electron chi connectivity index (χ4n) is 2.87. The SMILES string of the molecule is Cc1cccc(C(O)C2CCc3cccnc32)c1Cl. The molecule has 0 saturated heterocycles. The molecular formula is C16H16ClNO. The van der Waals surface area contributed by atoms with Crippen molar-refractivity contribution >= 4 is 11.6 Å². The highest BCUT2D eigenvalue weighted by molar-refractivity contribution is 6.32. The molecule has 0 saturated carbocycles. The van der Waals surface area contributed by atoms with Crippen molar-refractivity contribution in [1.29, 1.82) is 0 Å². The third-order valence-electron chi connectivity index (χ3n) is 3.92. The molecule has 1 aromatic heterocycles. The van der Waals surface area contributed by atoms with Crippen LogP contribution in [0.15, 0.2) is 36.5 Å². The zero-order valence-corrected chi connectivity index (χ0v) is 11.6. The van der Waals surface area contributed by atoms with Gasteiger partial charge >= 0.3 is 0 Å². The summed E-state index contributed by atoms with van der Waals surface area (Å²) in [6.45, 7) is 1.96. The number of hydrogen-bond donors (Lipinski definition) is 1. The molecule has 2 atom stereocenters. The Morgan fingerprint density at radius 1 is 1.32 bits per heavy atom. The lowest BCUT2D eigenvalue weighted by molar-refractivity contribution is 0.143. The molecule has 3 rings (SSSR count). The highest BCUT2D eigenvalue weighted by atomic mass is 35.5. The second-order valence-electron chi connectivity index (χ2n) is 5.12. The molecule has 2 aromatic rings.